The molecule has 0 bridgehead atoms. The first-order valence-electron chi connectivity index (χ1n) is 8.12. The maximum Gasteiger partial charge on any atom is 0.357 e. The number of aryl methyl sites for hydroxylation is 1. The summed E-state index contributed by atoms with van der Waals surface area (Å²) >= 11 is 0. The summed E-state index contributed by atoms with van der Waals surface area (Å²) in [5.74, 6) is -1.71. The highest BCUT2D eigenvalue weighted by Gasteiger charge is 2.17. The molecule has 7 nitrogen and oxygen atoms in total. The summed E-state index contributed by atoms with van der Waals surface area (Å²) in [4.78, 5) is 36.4. The smallest absolute Gasteiger partial charge is 0.357 e. The second kappa shape index (κ2) is 7.18. The highest BCUT2D eigenvalue weighted by molar-refractivity contribution is 6.01. The van der Waals surface area contributed by atoms with Gasteiger partial charge in [0.25, 0.3) is 5.56 Å². The molecule has 2 N–H and O–H groups in total. The van der Waals surface area contributed by atoms with Crippen molar-refractivity contribution in [3.63, 3.8) is 0 Å². The molecule has 0 saturated carbocycles. The van der Waals surface area contributed by atoms with Gasteiger partial charge in [0.1, 0.15) is 6.54 Å². The Morgan fingerprint density at radius 3 is 2.42 bits per heavy atom. The molecule has 132 valence electrons. The van der Waals surface area contributed by atoms with E-state index < -0.39 is 17.4 Å². The normalized spacial score (nSPS) is 10.7. The molecule has 7 heteroatoms. The number of carbonyl (C=O) groups is 2. The van der Waals surface area contributed by atoms with Crippen LogP contribution in [0, 0.1) is 0 Å². The first kappa shape index (κ1) is 17.3. The number of carbonyl (C=O) groups excluding carboxylic acids is 1. The summed E-state index contributed by atoms with van der Waals surface area (Å²) in [6.07, 6.45) is 0.744. The Morgan fingerprint density at radius 2 is 1.73 bits per heavy atom. The molecule has 1 heterocycles. The van der Waals surface area contributed by atoms with E-state index in [0.29, 0.717) is 5.69 Å². The minimum atomic E-state index is -1.26. The van der Waals surface area contributed by atoms with Crippen molar-refractivity contribution in [1.29, 1.82) is 0 Å². The van der Waals surface area contributed by atoms with E-state index in [2.05, 4.69) is 10.4 Å². The fraction of sp³-hybridized carbons (Fsp3) is 0.158. The third kappa shape index (κ3) is 3.32. The van der Waals surface area contributed by atoms with Crippen LogP contribution in [0.2, 0.25) is 0 Å². The van der Waals surface area contributed by atoms with Crippen LogP contribution in [0.5, 0.6) is 0 Å². The highest BCUT2D eigenvalue weighted by Crippen LogP contribution is 2.16. The number of rotatable bonds is 5. The van der Waals surface area contributed by atoms with E-state index in [-0.39, 0.29) is 23.0 Å². The molecule has 3 rings (SSSR count). The van der Waals surface area contributed by atoms with Crippen LogP contribution in [-0.2, 0) is 17.8 Å². The van der Waals surface area contributed by atoms with Crippen molar-refractivity contribution in [3.8, 4) is 0 Å². The van der Waals surface area contributed by atoms with Gasteiger partial charge in [0.05, 0.1) is 5.39 Å². The molecule has 2 aromatic carbocycles. The summed E-state index contributed by atoms with van der Waals surface area (Å²) in [6.45, 7) is 1.60. The van der Waals surface area contributed by atoms with Gasteiger partial charge in [-0.25, -0.2) is 9.48 Å². The van der Waals surface area contributed by atoms with Gasteiger partial charge in [-0.15, -0.1) is 0 Å². The van der Waals surface area contributed by atoms with Crippen LogP contribution in [0.25, 0.3) is 10.8 Å². The van der Waals surface area contributed by atoms with Gasteiger partial charge in [-0.2, -0.15) is 5.10 Å². The maximum atomic E-state index is 12.5. The molecule has 0 atom stereocenters. The van der Waals surface area contributed by atoms with Crippen LogP contribution < -0.4 is 10.9 Å². The van der Waals surface area contributed by atoms with Gasteiger partial charge in [-0.3, -0.25) is 9.59 Å². The number of hydrogen-bond donors (Lipinski definition) is 2. The summed E-state index contributed by atoms with van der Waals surface area (Å²) < 4.78 is 0.885. The average molecular weight is 351 g/mol. The van der Waals surface area contributed by atoms with Crippen molar-refractivity contribution in [1.82, 2.24) is 9.78 Å². The monoisotopic (exact) mass is 351 g/mol. The van der Waals surface area contributed by atoms with Crippen LogP contribution >= 0.6 is 0 Å². The summed E-state index contributed by atoms with van der Waals surface area (Å²) in [6, 6.07) is 13.7. The van der Waals surface area contributed by atoms with Crippen molar-refractivity contribution in [2.45, 2.75) is 19.9 Å². The van der Waals surface area contributed by atoms with Crippen molar-refractivity contribution >= 4 is 28.3 Å². The quantitative estimate of drug-likeness (QED) is 0.734. The molecule has 1 aromatic heterocycles. The van der Waals surface area contributed by atoms with Gasteiger partial charge < -0.3 is 10.4 Å². The SMILES string of the molecule is CCc1ccccc1NC(=O)Cn1nc(C(=O)O)c2ccccc2c1=O. The van der Waals surface area contributed by atoms with Crippen LogP contribution in [0.15, 0.2) is 53.3 Å². The number of carboxylic acid groups (broad SMARTS) is 1. The summed E-state index contributed by atoms with van der Waals surface area (Å²) in [5, 5.41) is 16.4. The van der Waals surface area contributed by atoms with Gasteiger partial charge in [-0.05, 0) is 24.1 Å². The Kier molecular flexibility index (Phi) is 4.79. The molecule has 0 saturated heterocycles. The molecule has 0 aliphatic rings. The number of benzene rings is 2. The number of hydrogen-bond acceptors (Lipinski definition) is 4. The first-order chi connectivity index (χ1) is 12.5. The Balaban J connectivity index is 1.96. The second-order valence-electron chi connectivity index (χ2n) is 5.72. The number of anilines is 1. The van der Waals surface area contributed by atoms with Crippen LogP contribution in [0.3, 0.4) is 0 Å². The van der Waals surface area contributed by atoms with Gasteiger partial charge in [0, 0.05) is 11.1 Å². The molecular formula is C19H17N3O4. The molecule has 1 amide bonds. The fourth-order valence-electron chi connectivity index (χ4n) is 2.78. The Hall–Kier alpha value is -3.48. The predicted octanol–water partition coefficient (Wildman–Crippen LogP) is 2.30. The maximum absolute atomic E-state index is 12.5. The zero-order valence-electron chi connectivity index (χ0n) is 14.1. The number of carboxylic acids is 1. The summed E-state index contributed by atoms with van der Waals surface area (Å²) in [7, 11) is 0. The topological polar surface area (TPSA) is 101 Å². The molecule has 3 aromatic rings. The third-order valence-corrected chi connectivity index (χ3v) is 4.04. The molecule has 0 radical (unpaired) electrons. The van der Waals surface area contributed by atoms with Crippen LogP contribution in [-0.4, -0.2) is 26.8 Å². The second-order valence-corrected chi connectivity index (χ2v) is 5.72. The van der Waals surface area contributed by atoms with E-state index in [0.717, 1.165) is 16.7 Å². The molecule has 0 unspecified atom stereocenters. The average Bonchev–Trinajstić information content (AvgIpc) is 2.64. The largest absolute Gasteiger partial charge is 0.476 e. The van der Waals surface area contributed by atoms with E-state index in [1.165, 1.54) is 12.1 Å². The molecule has 0 aliphatic heterocycles. The van der Waals surface area contributed by atoms with E-state index >= 15 is 0 Å². The van der Waals surface area contributed by atoms with Crippen LogP contribution in [0.4, 0.5) is 5.69 Å². The highest BCUT2D eigenvalue weighted by atomic mass is 16.4. The minimum Gasteiger partial charge on any atom is -0.476 e. The van der Waals surface area contributed by atoms with E-state index in [1.807, 2.05) is 19.1 Å². The Bertz CT molecular complexity index is 1060. The number of fused-ring (bicyclic) bond motifs is 1. The number of amides is 1. The standard InChI is InChI=1S/C19H17N3O4/c1-2-12-7-3-6-10-15(12)20-16(23)11-22-18(24)14-9-5-4-8-13(14)17(21-22)19(25)26/h3-10H,2,11H2,1H3,(H,20,23)(H,25,26). The molecule has 0 spiro atoms. The predicted molar refractivity (Wildman–Crippen MR) is 97.4 cm³/mol. The minimum absolute atomic E-state index is 0.210. The lowest BCUT2D eigenvalue weighted by Gasteiger charge is -2.11. The van der Waals surface area contributed by atoms with E-state index in [9.17, 15) is 19.5 Å². The van der Waals surface area contributed by atoms with Gasteiger partial charge in [-0.1, -0.05) is 43.3 Å². The lowest BCUT2D eigenvalue weighted by atomic mass is 10.1. The zero-order valence-corrected chi connectivity index (χ0v) is 14.1. The number of aromatic nitrogens is 2. The van der Waals surface area contributed by atoms with Crippen molar-refractivity contribution in [2.75, 3.05) is 5.32 Å². The molecule has 0 fully saturated rings. The zero-order chi connectivity index (χ0) is 18.7. The van der Waals surface area contributed by atoms with Crippen molar-refractivity contribution in [2.24, 2.45) is 0 Å². The van der Waals surface area contributed by atoms with E-state index in [4.69, 9.17) is 0 Å². The Labute approximate surface area is 148 Å². The van der Waals surface area contributed by atoms with Gasteiger partial charge in [0.15, 0.2) is 5.69 Å². The number of para-hydroxylation sites is 1. The number of nitrogens with one attached hydrogen (secondary N) is 1. The number of nitrogens with zero attached hydrogens (tertiary/aromatic N) is 2. The van der Waals surface area contributed by atoms with Crippen molar-refractivity contribution < 1.29 is 14.7 Å². The first-order valence-corrected chi connectivity index (χ1v) is 8.12. The van der Waals surface area contributed by atoms with Gasteiger partial charge in [0.2, 0.25) is 5.91 Å². The fourth-order valence-corrected chi connectivity index (χ4v) is 2.78. The van der Waals surface area contributed by atoms with Gasteiger partial charge >= 0.3 is 5.97 Å². The number of aromatic carboxylic acids is 1. The molecule has 26 heavy (non-hydrogen) atoms. The van der Waals surface area contributed by atoms with Crippen LogP contribution in [0.1, 0.15) is 23.0 Å². The summed E-state index contributed by atoms with van der Waals surface area (Å²) in [5.41, 5.74) is 0.852. The Morgan fingerprint density at radius 1 is 1.08 bits per heavy atom. The molecule has 0 aliphatic carbocycles. The van der Waals surface area contributed by atoms with Crippen molar-refractivity contribution in [3.05, 3.63) is 70.1 Å². The lowest BCUT2D eigenvalue weighted by molar-refractivity contribution is -0.117. The van der Waals surface area contributed by atoms with E-state index in [1.54, 1.807) is 24.3 Å². The molecular weight excluding hydrogens is 334 g/mol. The third-order valence-electron chi connectivity index (χ3n) is 4.04. The lowest BCUT2D eigenvalue weighted by Crippen LogP contribution is -2.31.